The number of ether oxygens (including phenoxy) is 2. The standard InChI is InChI=1S/C28H37N2O5PS.C4H10.C2H6.CH3F/c1-5-28(6-2,27(31)29-37(4,32)33)18-30-13-11-19(12-14-30)26-23-9-7-21(34-3)15-20(23)17-35-25-10-8-22(36)16-24(25)26;1-4(2)3;2*1-2/h7-10,15-16H,5-6,11-14,17-18,36H2,1-4H3,(H,29,31);4H,1-3H3;1-2H3;1H3. The van der Waals surface area contributed by atoms with Crippen LogP contribution in [-0.2, 0) is 21.4 Å². The average molecular weight is 667 g/mol. The lowest BCUT2D eigenvalue weighted by Crippen LogP contribution is -2.50. The molecule has 2 aromatic carbocycles. The lowest BCUT2D eigenvalue weighted by molar-refractivity contribution is -0.131. The Bertz CT molecular complexity index is 1360. The summed E-state index contributed by atoms with van der Waals surface area (Å²) in [7, 11) is 1.35. The van der Waals surface area contributed by atoms with Gasteiger partial charge in [-0.05, 0) is 72.3 Å². The van der Waals surface area contributed by atoms with Crippen LogP contribution in [0, 0.1) is 11.3 Å². The summed E-state index contributed by atoms with van der Waals surface area (Å²) in [5.74, 6) is 2.11. The number of rotatable bonds is 7. The first-order valence-electron chi connectivity index (χ1n) is 15.9. The zero-order valence-electron chi connectivity index (χ0n) is 29.1. The molecule has 4 rings (SSSR count). The number of carbonyl (C=O) groups is 1. The number of carbonyl (C=O) groups excluding carboxylic acids is 1. The summed E-state index contributed by atoms with van der Waals surface area (Å²) in [5.41, 5.74) is 5.21. The zero-order valence-corrected chi connectivity index (χ0v) is 31.0. The lowest BCUT2D eigenvalue weighted by atomic mass is 9.80. The molecule has 1 saturated heterocycles. The van der Waals surface area contributed by atoms with E-state index in [-0.39, 0.29) is 0 Å². The van der Waals surface area contributed by atoms with Crippen molar-refractivity contribution < 1.29 is 27.1 Å². The van der Waals surface area contributed by atoms with E-state index in [4.69, 9.17) is 9.47 Å². The minimum absolute atomic E-state index is 0.408. The molecule has 1 fully saturated rings. The fourth-order valence-corrected chi connectivity index (χ4v) is 6.23. The highest BCUT2D eigenvalue weighted by molar-refractivity contribution is 7.89. The number of amides is 1. The molecule has 0 bridgehead atoms. The SMILES string of the molecule is CC.CC(C)C.CCC(CC)(CN1CCC(=C2c3ccc(OC)cc3COc3ccc(P)cc32)CC1)C(=O)NS(C)(=O)=O.CF. The third kappa shape index (κ3) is 11.7. The van der Waals surface area contributed by atoms with Gasteiger partial charge in [-0.1, -0.05) is 66.2 Å². The van der Waals surface area contributed by atoms with Crippen LogP contribution in [0.5, 0.6) is 11.5 Å². The molecule has 10 heteroatoms. The topological polar surface area (TPSA) is 84.9 Å². The smallest absolute Gasteiger partial charge is 0.240 e. The highest BCUT2D eigenvalue weighted by atomic mass is 32.2. The number of nitrogens with one attached hydrogen (secondary N) is 1. The maximum absolute atomic E-state index is 13.0. The maximum atomic E-state index is 13.0. The molecule has 254 valence electrons. The van der Waals surface area contributed by atoms with Crippen LogP contribution in [0.25, 0.3) is 5.57 Å². The predicted octanol–water partition coefficient (Wildman–Crippen LogP) is 7.14. The van der Waals surface area contributed by atoms with Gasteiger partial charge < -0.3 is 14.4 Å². The number of benzene rings is 2. The van der Waals surface area contributed by atoms with E-state index in [1.165, 1.54) is 16.7 Å². The van der Waals surface area contributed by atoms with Crippen LogP contribution in [-0.4, -0.2) is 59.4 Å². The Balaban J connectivity index is 0.00000115. The first kappa shape index (κ1) is 40.5. The van der Waals surface area contributed by atoms with E-state index in [0.717, 1.165) is 66.0 Å². The first-order chi connectivity index (χ1) is 21.3. The van der Waals surface area contributed by atoms with Crippen molar-refractivity contribution in [1.29, 1.82) is 0 Å². The second-order valence-electron chi connectivity index (χ2n) is 11.7. The van der Waals surface area contributed by atoms with Crippen LogP contribution in [0.3, 0.4) is 0 Å². The number of halogens is 1. The Morgan fingerprint density at radius 3 is 2.13 bits per heavy atom. The molecular formula is C35H56FN2O5PS. The van der Waals surface area contributed by atoms with Gasteiger partial charge in [0.2, 0.25) is 15.9 Å². The fourth-order valence-electron chi connectivity index (χ4n) is 5.41. The van der Waals surface area contributed by atoms with Crippen molar-refractivity contribution in [1.82, 2.24) is 9.62 Å². The van der Waals surface area contributed by atoms with E-state index in [2.05, 4.69) is 57.8 Å². The third-order valence-corrected chi connectivity index (χ3v) is 8.61. The number of fused-ring (bicyclic) bond motifs is 2. The van der Waals surface area contributed by atoms with Gasteiger partial charge in [-0.2, -0.15) is 0 Å². The number of hydrogen-bond acceptors (Lipinski definition) is 6. The van der Waals surface area contributed by atoms with E-state index in [1.54, 1.807) is 7.11 Å². The van der Waals surface area contributed by atoms with Gasteiger partial charge in [-0.15, -0.1) is 9.24 Å². The number of alkyl halides is 1. The second-order valence-corrected chi connectivity index (χ2v) is 14.2. The van der Waals surface area contributed by atoms with E-state index >= 15 is 0 Å². The Hall–Kier alpha value is -2.48. The van der Waals surface area contributed by atoms with Crippen molar-refractivity contribution in [2.75, 3.05) is 40.2 Å². The second kappa shape index (κ2) is 19.2. The highest BCUT2D eigenvalue weighted by Gasteiger charge is 2.39. The van der Waals surface area contributed by atoms with Crippen LogP contribution in [0.4, 0.5) is 4.39 Å². The van der Waals surface area contributed by atoms with Gasteiger partial charge in [0.25, 0.3) is 0 Å². The predicted molar refractivity (Wildman–Crippen MR) is 190 cm³/mol. The normalized spacial score (nSPS) is 14.5. The summed E-state index contributed by atoms with van der Waals surface area (Å²) >= 11 is 0. The molecule has 2 aliphatic heterocycles. The largest absolute Gasteiger partial charge is 0.497 e. The molecule has 0 saturated carbocycles. The minimum atomic E-state index is -3.61. The number of piperidine rings is 1. The van der Waals surface area contributed by atoms with Gasteiger partial charge in [0.15, 0.2) is 0 Å². The molecule has 1 N–H and O–H groups in total. The Morgan fingerprint density at radius 2 is 1.62 bits per heavy atom. The fraction of sp³-hybridized carbons (Fsp3) is 0.571. The van der Waals surface area contributed by atoms with Gasteiger partial charge in [0.1, 0.15) is 18.1 Å². The van der Waals surface area contributed by atoms with Crippen molar-refractivity contribution in [3.05, 3.63) is 58.7 Å². The third-order valence-electron chi connectivity index (χ3n) is 7.69. The number of methoxy groups -OCH3 is 1. The molecule has 0 aromatic heterocycles. The Labute approximate surface area is 274 Å². The molecule has 1 unspecified atom stereocenters. The highest BCUT2D eigenvalue weighted by Crippen LogP contribution is 2.42. The van der Waals surface area contributed by atoms with E-state index < -0.39 is 21.3 Å². The molecule has 0 aliphatic carbocycles. The van der Waals surface area contributed by atoms with Crippen LogP contribution in [0.15, 0.2) is 42.0 Å². The van der Waals surface area contributed by atoms with Crippen LogP contribution in [0.2, 0.25) is 0 Å². The van der Waals surface area contributed by atoms with Crippen molar-refractivity contribution in [3.8, 4) is 11.5 Å². The van der Waals surface area contributed by atoms with Crippen molar-refractivity contribution in [3.63, 3.8) is 0 Å². The average Bonchev–Trinajstić information content (AvgIpc) is 3.17. The molecule has 2 heterocycles. The summed E-state index contributed by atoms with van der Waals surface area (Å²) in [4.78, 5) is 15.3. The molecule has 1 atom stereocenters. The van der Waals surface area contributed by atoms with Crippen LogP contribution in [0.1, 0.15) is 90.8 Å². The Kier molecular flexibility index (Phi) is 17.3. The van der Waals surface area contributed by atoms with Crippen molar-refractivity contribution in [2.45, 2.75) is 80.8 Å². The molecule has 2 aromatic rings. The van der Waals surface area contributed by atoms with E-state index in [0.29, 0.717) is 33.2 Å². The van der Waals surface area contributed by atoms with Gasteiger partial charge in [-0.25, -0.2) is 8.42 Å². The zero-order chi connectivity index (χ0) is 34.4. The minimum Gasteiger partial charge on any atom is -0.497 e. The lowest BCUT2D eigenvalue weighted by Gasteiger charge is -2.38. The molecule has 1 amide bonds. The first-order valence-corrected chi connectivity index (χ1v) is 18.3. The number of nitrogens with zero attached hydrogens (tertiary/aromatic N) is 1. The molecule has 0 radical (unpaired) electrons. The van der Waals surface area contributed by atoms with Gasteiger partial charge in [0, 0.05) is 30.8 Å². The van der Waals surface area contributed by atoms with E-state index in [1.807, 2.05) is 45.9 Å². The van der Waals surface area contributed by atoms with Crippen LogP contribution >= 0.6 is 9.24 Å². The summed E-state index contributed by atoms with van der Waals surface area (Å²) in [6.07, 6.45) is 3.90. The monoisotopic (exact) mass is 666 g/mol. The van der Waals surface area contributed by atoms with Gasteiger partial charge in [-0.3, -0.25) is 13.9 Å². The van der Waals surface area contributed by atoms with Crippen molar-refractivity contribution in [2.24, 2.45) is 11.3 Å². The van der Waals surface area contributed by atoms with Crippen molar-refractivity contribution >= 4 is 36.0 Å². The van der Waals surface area contributed by atoms with Gasteiger partial charge in [0.05, 0.1) is 26.0 Å². The maximum Gasteiger partial charge on any atom is 0.240 e. The van der Waals surface area contributed by atoms with Gasteiger partial charge >= 0.3 is 0 Å². The summed E-state index contributed by atoms with van der Waals surface area (Å²) < 4.78 is 46.9. The molecule has 45 heavy (non-hydrogen) atoms. The molecule has 0 spiro atoms. The Morgan fingerprint density at radius 1 is 1.04 bits per heavy atom. The quantitative estimate of drug-likeness (QED) is 0.316. The van der Waals surface area contributed by atoms with Crippen LogP contribution < -0.4 is 19.5 Å². The summed E-state index contributed by atoms with van der Waals surface area (Å²) in [6.45, 7) is 17.0. The van der Waals surface area contributed by atoms with E-state index in [9.17, 15) is 17.6 Å². The number of hydrogen-bond donors (Lipinski definition) is 1. The molecular weight excluding hydrogens is 610 g/mol. The molecule has 7 nitrogen and oxygen atoms in total. The summed E-state index contributed by atoms with van der Waals surface area (Å²) in [5, 5.41) is 1.10. The number of sulfonamides is 1. The molecule has 2 aliphatic rings. The summed E-state index contributed by atoms with van der Waals surface area (Å²) in [6, 6.07) is 12.4. The number of likely N-dealkylation sites (tertiary alicyclic amines) is 1.